The third-order valence-corrected chi connectivity index (χ3v) is 2.63. The van der Waals surface area contributed by atoms with Crippen molar-refractivity contribution >= 4 is 5.97 Å². The van der Waals surface area contributed by atoms with Gasteiger partial charge in [-0.2, -0.15) is 18.4 Å². The van der Waals surface area contributed by atoms with E-state index in [0.29, 0.717) is 6.07 Å². The van der Waals surface area contributed by atoms with E-state index in [1.165, 1.54) is 13.0 Å². The van der Waals surface area contributed by atoms with Crippen molar-refractivity contribution in [1.82, 2.24) is 0 Å². The molecule has 1 aromatic rings. The van der Waals surface area contributed by atoms with Gasteiger partial charge in [0.1, 0.15) is 0 Å². The van der Waals surface area contributed by atoms with Crippen LogP contribution in [0.15, 0.2) is 12.1 Å². The minimum absolute atomic E-state index is 0.0519. The van der Waals surface area contributed by atoms with Crippen LogP contribution in [-0.4, -0.2) is 12.6 Å². The Morgan fingerprint density at radius 2 is 2.00 bits per heavy atom. The number of alkyl halides is 5. The number of carbonyl (C=O) groups excluding carboxylic acids is 1. The minimum Gasteiger partial charge on any atom is -0.466 e. The Morgan fingerprint density at radius 3 is 2.43 bits per heavy atom. The number of nitriles is 1. The smallest absolute Gasteiger partial charge is 0.416 e. The molecule has 21 heavy (non-hydrogen) atoms. The highest BCUT2D eigenvalue weighted by molar-refractivity contribution is 5.74. The molecule has 0 bridgehead atoms. The highest BCUT2D eigenvalue weighted by Gasteiger charge is 2.38. The molecule has 0 unspecified atom stereocenters. The highest BCUT2D eigenvalue weighted by atomic mass is 19.4. The molecule has 3 nitrogen and oxygen atoms in total. The second-order valence-electron chi connectivity index (χ2n) is 3.94. The van der Waals surface area contributed by atoms with E-state index >= 15 is 0 Å². The first-order valence-corrected chi connectivity index (χ1v) is 5.79. The summed E-state index contributed by atoms with van der Waals surface area (Å²) in [5.74, 6) is -0.977. The van der Waals surface area contributed by atoms with Gasteiger partial charge < -0.3 is 4.74 Å². The summed E-state index contributed by atoms with van der Waals surface area (Å²) in [4.78, 5) is 11.4. The molecule has 0 spiro atoms. The van der Waals surface area contributed by atoms with Crippen molar-refractivity contribution in [2.24, 2.45) is 0 Å². The van der Waals surface area contributed by atoms with Crippen molar-refractivity contribution in [1.29, 1.82) is 5.26 Å². The number of rotatable bonds is 4. The van der Waals surface area contributed by atoms with Gasteiger partial charge in [-0.1, -0.05) is 0 Å². The number of nitrogens with zero attached hydrogens (tertiary/aromatic N) is 1. The molecule has 1 aromatic carbocycles. The van der Waals surface area contributed by atoms with Crippen molar-refractivity contribution in [3.63, 3.8) is 0 Å². The molecular weight excluding hydrogens is 297 g/mol. The molecule has 114 valence electrons. The van der Waals surface area contributed by atoms with Crippen LogP contribution in [0.4, 0.5) is 22.0 Å². The van der Waals surface area contributed by atoms with E-state index in [-0.39, 0.29) is 6.61 Å². The van der Waals surface area contributed by atoms with Crippen molar-refractivity contribution in [2.45, 2.75) is 25.9 Å². The number of halogens is 5. The summed E-state index contributed by atoms with van der Waals surface area (Å²) in [6.07, 6.45) is -9.30. The van der Waals surface area contributed by atoms with Crippen LogP contribution in [0, 0.1) is 11.3 Å². The van der Waals surface area contributed by atoms with E-state index in [1.54, 1.807) is 0 Å². The first-order chi connectivity index (χ1) is 9.72. The number of ether oxygens (including phenoxy) is 1. The Bertz CT molecular complexity index is 575. The van der Waals surface area contributed by atoms with Gasteiger partial charge in [0.15, 0.2) is 0 Å². The maximum absolute atomic E-state index is 13.0. The first-order valence-electron chi connectivity index (χ1n) is 5.79. The Morgan fingerprint density at radius 1 is 1.38 bits per heavy atom. The van der Waals surface area contributed by atoms with Crippen LogP contribution < -0.4 is 0 Å². The van der Waals surface area contributed by atoms with Crippen LogP contribution in [-0.2, 0) is 22.1 Å². The average molecular weight is 307 g/mol. The van der Waals surface area contributed by atoms with Crippen molar-refractivity contribution in [2.75, 3.05) is 6.61 Å². The molecule has 0 aliphatic rings. The molecule has 0 aliphatic heterocycles. The molecular formula is C13H10F5NO2. The summed E-state index contributed by atoms with van der Waals surface area (Å²) >= 11 is 0. The summed E-state index contributed by atoms with van der Waals surface area (Å²) < 4.78 is 68.9. The van der Waals surface area contributed by atoms with Crippen LogP contribution in [0.1, 0.15) is 35.6 Å². The number of esters is 1. The SMILES string of the molecule is CCOC(=O)Cc1c(C#N)ccc(C(F)(F)F)c1C(F)F. The molecule has 0 radical (unpaired) electrons. The number of carbonyl (C=O) groups is 1. The maximum atomic E-state index is 13.0. The van der Waals surface area contributed by atoms with Gasteiger partial charge in [0.2, 0.25) is 0 Å². The minimum atomic E-state index is -5.01. The summed E-state index contributed by atoms with van der Waals surface area (Å²) in [7, 11) is 0. The second kappa shape index (κ2) is 6.52. The van der Waals surface area contributed by atoms with Crippen molar-refractivity contribution in [3.05, 3.63) is 34.4 Å². The van der Waals surface area contributed by atoms with Gasteiger partial charge in [-0.05, 0) is 24.6 Å². The second-order valence-corrected chi connectivity index (χ2v) is 3.94. The fourth-order valence-electron chi connectivity index (χ4n) is 1.81. The van der Waals surface area contributed by atoms with E-state index in [1.807, 2.05) is 0 Å². The average Bonchev–Trinajstić information content (AvgIpc) is 2.36. The van der Waals surface area contributed by atoms with E-state index in [4.69, 9.17) is 5.26 Å². The van der Waals surface area contributed by atoms with Gasteiger partial charge in [-0.25, -0.2) is 8.78 Å². The Balaban J connectivity index is 3.50. The van der Waals surface area contributed by atoms with E-state index in [2.05, 4.69) is 4.74 Å². The van der Waals surface area contributed by atoms with Crippen molar-refractivity contribution < 1.29 is 31.5 Å². The Kier molecular flexibility index (Phi) is 5.24. The number of benzene rings is 1. The Hall–Kier alpha value is -2.17. The quantitative estimate of drug-likeness (QED) is 0.630. The lowest BCUT2D eigenvalue weighted by atomic mass is 9.94. The van der Waals surface area contributed by atoms with Gasteiger partial charge in [-0.3, -0.25) is 4.79 Å². The summed E-state index contributed by atoms with van der Waals surface area (Å²) in [6, 6.07) is 2.69. The van der Waals surface area contributed by atoms with E-state index in [9.17, 15) is 26.7 Å². The fourth-order valence-corrected chi connectivity index (χ4v) is 1.81. The molecule has 1 rings (SSSR count). The first kappa shape index (κ1) is 16.9. The summed E-state index contributed by atoms with van der Waals surface area (Å²) in [5, 5.41) is 8.83. The highest BCUT2D eigenvalue weighted by Crippen LogP contribution is 2.39. The lowest BCUT2D eigenvalue weighted by Crippen LogP contribution is -2.16. The largest absolute Gasteiger partial charge is 0.466 e. The monoisotopic (exact) mass is 307 g/mol. The van der Waals surface area contributed by atoms with Gasteiger partial charge in [0.05, 0.1) is 30.2 Å². The standard InChI is InChI=1S/C13H10F5NO2/c1-2-21-10(20)5-8-7(6-19)3-4-9(13(16,17)18)11(8)12(14)15/h3-4,12H,2,5H2,1H3. The van der Waals surface area contributed by atoms with Gasteiger partial charge in [0.25, 0.3) is 6.43 Å². The zero-order chi connectivity index (χ0) is 16.2. The van der Waals surface area contributed by atoms with Crippen LogP contribution in [0.3, 0.4) is 0 Å². The number of hydrogen-bond acceptors (Lipinski definition) is 3. The summed E-state index contributed by atoms with van der Waals surface area (Å²) in [5.41, 5.74) is -3.97. The van der Waals surface area contributed by atoms with Gasteiger partial charge >= 0.3 is 12.1 Å². The van der Waals surface area contributed by atoms with E-state index < -0.39 is 47.2 Å². The molecule has 8 heteroatoms. The lowest BCUT2D eigenvalue weighted by Gasteiger charge is -2.17. The third-order valence-electron chi connectivity index (χ3n) is 2.63. The van der Waals surface area contributed by atoms with Gasteiger partial charge in [-0.15, -0.1) is 0 Å². The summed E-state index contributed by atoms with van der Waals surface area (Å²) in [6.45, 7) is 1.41. The molecule has 0 amide bonds. The van der Waals surface area contributed by atoms with Crippen LogP contribution in [0.25, 0.3) is 0 Å². The van der Waals surface area contributed by atoms with Crippen LogP contribution in [0.2, 0.25) is 0 Å². The van der Waals surface area contributed by atoms with Crippen molar-refractivity contribution in [3.8, 4) is 6.07 Å². The molecule has 0 saturated carbocycles. The molecule has 0 aliphatic carbocycles. The zero-order valence-electron chi connectivity index (χ0n) is 10.8. The maximum Gasteiger partial charge on any atom is 0.416 e. The molecule has 0 saturated heterocycles. The molecule has 0 fully saturated rings. The number of hydrogen-bond donors (Lipinski definition) is 0. The third kappa shape index (κ3) is 3.90. The zero-order valence-corrected chi connectivity index (χ0v) is 10.8. The molecule has 0 atom stereocenters. The topological polar surface area (TPSA) is 50.1 Å². The molecule has 0 aromatic heterocycles. The van der Waals surface area contributed by atoms with E-state index in [0.717, 1.165) is 6.07 Å². The van der Waals surface area contributed by atoms with Crippen LogP contribution >= 0.6 is 0 Å². The normalized spacial score (nSPS) is 11.3. The lowest BCUT2D eigenvalue weighted by molar-refractivity contribution is -0.143. The fraction of sp³-hybridized carbons (Fsp3) is 0.385. The Labute approximate surface area is 116 Å². The molecule has 0 heterocycles. The molecule has 0 N–H and O–H groups in total. The predicted molar refractivity (Wildman–Crippen MR) is 61.5 cm³/mol. The predicted octanol–water partition coefficient (Wildman–Crippen LogP) is 3.62. The van der Waals surface area contributed by atoms with Crippen LogP contribution in [0.5, 0.6) is 0 Å². The van der Waals surface area contributed by atoms with Gasteiger partial charge in [0, 0.05) is 5.56 Å².